The molecule has 3 N–H and O–H groups in total. The summed E-state index contributed by atoms with van der Waals surface area (Å²) < 4.78 is 34.3. The number of amides is 3. The van der Waals surface area contributed by atoms with Crippen molar-refractivity contribution in [1.29, 1.82) is 0 Å². The molecule has 0 spiro atoms. The molecule has 2 atom stereocenters. The number of halogens is 3. The number of hydrogen-bond acceptors (Lipinski definition) is 4. The van der Waals surface area contributed by atoms with Gasteiger partial charge in [0, 0.05) is 36.6 Å². The fraction of sp³-hybridized carbons (Fsp3) is 0.294. The molecule has 1 aliphatic rings. The maximum atomic E-state index is 14.5. The summed E-state index contributed by atoms with van der Waals surface area (Å²) in [6.45, 7) is 0.0486. The summed E-state index contributed by atoms with van der Waals surface area (Å²) in [7, 11) is 1.30. The van der Waals surface area contributed by atoms with Gasteiger partial charge in [0.1, 0.15) is 17.4 Å². The number of hydrogen-bond donors (Lipinski definition) is 3. The molecular weight excluding hydrogens is 400 g/mol. The van der Waals surface area contributed by atoms with E-state index < -0.39 is 29.6 Å². The molecule has 6 nitrogen and oxygen atoms in total. The summed E-state index contributed by atoms with van der Waals surface area (Å²) in [5.41, 5.74) is -0.255. The highest BCUT2D eigenvalue weighted by atomic mass is 35.5. The fourth-order valence-corrected chi connectivity index (χ4v) is 3.90. The highest BCUT2D eigenvalue weighted by Gasteiger charge is 2.35. The van der Waals surface area contributed by atoms with Gasteiger partial charge in [-0.3, -0.25) is 10.1 Å². The zero-order chi connectivity index (χ0) is 19.6. The van der Waals surface area contributed by atoms with Crippen molar-refractivity contribution in [3.63, 3.8) is 0 Å². The Kier molecular flexibility index (Phi) is 5.81. The van der Waals surface area contributed by atoms with Crippen molar-refractivity contribution in [1.82, 2.24) is 10.6 Å². The van der Waals surface area contributed by atoms with Crippen LogP contribution < -0.4 is 20.7 Å². The van der Waals surface area contributed by atoms with Crippen molar-refractivity contribution >= 4 is 39.9 Å². The van der Waals surface area contributed by atoms with Gasteiger partial charge in [-0.25, -0.2) is 13.6 Å². The van der Waals surface area contributed by atoms with Gasteiger partial charge in [-0.05, 0) is 12.1 Å². The molecule has 1 aliphatic heterocycles. The number of carbonyl (C=O) groups is 2. The smallest absolute Gasteiger partial charge is 0.320 e. The number of ether oxygens (including phenoxy) is 1. The van der Waals surface area contributed by atoms with Gasteiger partial charge < -0.3 is 15.4 Å². The zero-order valence-electron chi connectivity index (χ0n) is 14.1. The van der Waals surface area contributed by atoms with Crippen LogP contribution in [0.1, 0.15) is 17.9 Å². The van der Waals surface area contributed by atoms with Gasteiger partial charge in [-0.15, -0.1) is 11.3 Å². The van der Waals surface area contributed by atoms with Crippen molar-refractivity contribution in [3.05, 3.63) is 45.8 Å². The number of nitrogens with one attached hydrogen (secondary N) is 3. The molecule has 1 saturated heterocycles. The minimum Gasteiger partial charge on any atom is -0.497 e. The minimum atomic E-state index is -0.859. The third kappa shape index (κ3) is 4.48. The molecule has 0 saturated carbocycles. The first-order valence-corrected chi connectivity index (χ1v) is 9.19. The topological polar surface area (TPSA) is 79.5 Å². The van der Waals surface area contributed by atoms with Gasteiger partial charge in [0.15, 0.2) is 0 Å². The van der Waals surface area contributed by atoms with E-state index in [1.165, 1.54) is 18.4 Å². The quantitative estimate of drug-likeness (QED) is 0.715. The second-order valence-corrected chi connectivity index (χ2v) is 7.64. The first kappa shape index (κ1) is 19.4. The Morgan fingerprint density at radius 1 is 1.33 bits per heavy atom. The van der Waals surface area contributed by atoms with Crippen LogP contribution in [-0.2, 0) is 4.79 Å². The Morgan fingerprint density at radius 3 is 2.63 bits per heavy atom. The zero-order valence-corrected chi connectivity index (χ0v) is 15.7. The summed E-state index contributed by atoms with van der Waals surface area (Å²) in [5.74, 6) is -2.83. The molecular formula is C17H16ClF2N3O3S. The summed E-state index contributed by atoms with van der Waals surface area (Å²) in [4.78, 5) is 24.0. The van der Waals surface area contributed by atoms with E-state index >= 15 is 0 Å². The third-order valence-electron chi connectivity index (χ3n) is 4.20. The summed E-state index contributed by atoms with van der Waals surface area (Å²) >= 11 is 6.99. The van der Waals surface area contributed by atoms with Crippen molar-refractivity contribution < 1.29 is 23.1 Å². The molecule has 3 rings (SSSR count). The number of thiophene rings is 1. The Labute approximate surface area is 162 Å². The lowest BCUT2D eigenvalue weighted by Crippen LogP contribution is -2.53. The Morgan fingerprint density at radius 2 is 2.04 bits per heavy atom. The molecule has 0 aliphatic carbocycles. The summed E-state index contributed by atoms with van der Waals surface area (Å²) in [6, 6.07) is 4.11. The van der Waals surface area contributed by atoms with Crippen LogP contribution in [0.5, 0.6) is 5.75 Å². The minimum absolute atomic E-state index is 0.0332. The van der Waals surface area contributed by atoms with E-state index in [1.54, 1.807) is 12.1 Å². The highest BCUT2D eigenvalue weighted by Crippen LogP contribution is 2.33. The summed E-state index contributed by atoms with van der Waals surface area (Å²) in [5, 5.41) is 8.39. The van der Waals surface area contributed by atoms with E-state index in [1.807, 2.05) is 0 Å². The first-order chi connectivity index (χ1) is 12.9. The predicted molar refractivity (Wildman–Crippen MR) is 98.5 cm³/mol. The largest absolute Gasteiger partial charge is 0.497 e. The fourth-order valence-electron chi connectivity index (χ4n) is 2.97. The van der Waals surface area contributed by atoms with Crippen LogP contribution in [0.4, 0.5) is 18.6 Å². The third-order valence-corrected chi connectivity index (χ3v) is 5.34. The standard InChI is InChI=1S/C17H16ClF2N3O3S/c1-26-8-4-10(19)16(11(20)5-8)9-6-14(24)21-7-12(9)22-17(25)23-15-3-2-13(18)27-15/h2-5,9,12H,6-7H2,1H3,(H,21,24)(H2,22,23,25)/t9-,12-/m1/s1. The first-order valence-electron chi connectivity index (χ1n) is 8.00. The second kappa shape index (κ2) is 8.10. The van der Waals surface area contributed by atoms with Crippen LogP contribution in [0.3, 0.4) is 0 Å². The normalized spacial score (nSPS) is 19.3. The molecule has 10 heteroatoms. The van der Waals surface area contributed by atoms with Crippen molar-refractivity contribution in [3.8, 4) is 5.75 Å². The maximum Gasteiger partial charge on any atom is 0.320 e. The number of rotatable bonds is 4. The predicted octanol–water partition coefficient (Wildman–Crippen LogP) is 3.48. The molecule has 3 amide bonds. The van der Waals surface area contributed by atoms with Crippen LogP contribution in [0.15, 0.2) is 24.3 Å². The number of carbonyl (C=O) groups excluding carboxylic acids is 2. The average Bonchev–Trinajstić information content (AvgIpc) is 3.01. The number of anilines is 1. The molecule has 1 aromatic carbocycles. The summed E-state index contributed by atoms with van der Waals surface area (Å²) in [6.07, 6.45) is -0.157. The second-order valence-electron chi connectivity index (χ2n) is 5.93. The van der Waals surface area contributed by atoms with Crippen LogP contribution >= 0.6 is 22.9 Å². The molecule has 1 fully saturated rings. The van der Waals surface area contributed by atoms with E-state index in [0.717, 1.165) is 12.1 Å². The molecule has 0 unspecified atom stereocenters. The van der Waals surface area contributed by atoms with E-state index in [4.69, 9.17) is 16.3 Å². The molecule has 0 bridgehead atoms. The molecule has 2 heterocycles. The van der Waals surface area contributed by atoms with Gasteiger partial charge in [0.25, 0.3) is 0 Å². The van der Waals surface area contributed by atoms with Crippen LogP contribution in [0.2, 0.25) is 4.34 Å². The van der Waals surface area contributed by atoms with Crippen molar-refractivity contribution in [2.24, 2.45) is 0 Å². The number of benzene rings is 1. The molecule has 27 heavy (non-hydrogen) atoms. The van der Waals surface area contributed by atoms with Crippen molar-refractivity contribution in [2.75, 3.05) is 19.0 Å². The van der Waals surface area contributed by atoms with Gasteiger partial charge >= 0.3 is 6.03 Å². The van der Waals surface area contributed by atoms with Gasteiger partial charge in [-0.2, -0.15) is 0 Å². The Hall–Kier alpha value is -2.39. The van der Waals surface area contributed by atoms with Crippen LogP contribution in [0, 0.1) is 11.6 Å². The lowest BCUT2D eigenvalue weighted by Gasteiger charge is -2.32. The molecule has 0 radical (unpaired) electrons. The Bertz CT molecular complexity index is 854. The maximum absolute atomic E-state index is 14.5. The number of urea groups is 1. The van der Waals surface area contributed by atoms with E-state index in [9.17, 15) is 18.4 Å². The highest BCUT2D eigenvalue weighted by molar-refractivity contribution is 7.20. The average molecular weight is 416 g/mol. The van der Waals surface area contributed by atoms with E-state index in [0.29, 0.717) is 9.34 Å². The van der Waals surface area contributed by atoms with Gasteiger partial charge in [-0.1, -0.05) is 11.6 Å². The molecule has 2 aromatic rings. The number of piperidine rings is 1. The lowest BCUT2D eigenvalue weighted by atomic mass is 9.85. The monoisotopic (exact) mass is 415 g/mol. The van der Waals surface area contributed by atoms with Gasteiger partial charge in [0.05, 0.1) is 22.5 Å². The van der Waals surface area contributed by atoms with E-state index in [-0.39, 0.29) is 30.2 Å². The van der Waals surface area contributed by atoms with E-state index in [2.05, 4.69) is 16.0 Å². The van der Waals surface area contributed by atoms with Crippen LogP contribution in [0.25, 0.3) is 0 Å². The van der Waals surface area contributed by atoms with Crippen molar-refractivity contribution in [2.45, 2.75) is 18.4 Å². The lowest BCUT2D eigenvalue weighted by molar-refractivity contribution is -0.123. The van der Waals surface area contributed by atoms with Crippen LogP contribution in [-0.4, -0.2) is 31.6 Å². The SMILES string of the molecule is COc1cc(F)c([C@@H]2CC(=O)NC[C@H]2NC(=O)Nc2ccc(Cl)s2)c(F)c1. The van der Waals surface area contributed by atoms with Gasteiger partial charge in [0.2, 0.25) is 5.91 Å². The number of methoxy groups -OCH3 is 1. The molecule has 1 aromatic heterocycles. The Balaban J connectivity index is 1.81. The molecule has 144 valence electrons.